The number of carbonyl (C=O) groups excluding carboxylic acids is 1. The molecule has 0 N–H and O–H groups in total. The van der Waals surface area contributed by atoms with Gasteiger partial charge in [0.15, 0.2) is 0 Å². The molecule has 0 saturated carbocycles. The van der Waals surface area contributed by atoms with Crippen molar-refractivity contribution in [2.24, 2.45) is 0 Å². The minimum atomic E-state index is -3.72. The largest absolute Gasteiger partial charge is 0.337 e. The Morgan fingerprint density at radius 1 is 0.903 bits per heavy atom. The number of fused-ring (bicyclic) bond motifs is 3. The summed E-state index contributed by atoms with van der Waals surface area (Å²) in [5.74, 6) is -0.534. The van der Waals surface area contributed by atoms with Gasteiger partial charge in [-0.15, -0.1) is 22.7 Å². The fourth-order valence-electron chi connectivity index (χ4n) is 3.85. The molecule has 5 nitrogen and oxygen atoms in total. The molecule has 0 aliphatic carbocycles. The molecule has 0 bridgehead atoms. The lowest BCUT2D eigenvalue weighted by molar-refractivity contribution is 0.0769. The number of benzene rings is 2. The fraction of sp³-hybridized carbons (Fsp3) is 0.227. The number of hydrogen-bond acceptors (Lipinski definition) is 5. The molecule has 2 aromatic heterocycles. The Balaban J connectivity index is 1.35. The van der Waals surface area contributed by atoms with E-state index >= 15 is 0 Å². The van der Waals surface area contributed by atoms with Gasteiger partial charge < -0.3 is 4.90 Å². The van der Waals surface area contributed by atoms with Crippen molar-refractivity contribution in [1.82, 2.24) is 9.21 Å². The third-order valence-corrected chi connectivity index (χ3v) is 9.77. The van der Waals surface area contributed by atoms with Gasteiger partial charge in [0.2, 0.25) is 10.0 Å². The third kappa shape index (κ3) is 3.76. The Labute approximate surface area is 187 Å². The van der Waals surface area contributed by atoms with Crippen molar-refractivity contribution in [3.05, 3.63) is 65.3 Å². The van der Waals surface area contributed by atoms with Crippen LogP contribution in [-0.4, -0.2) is 49.7 Å². The lowest BCUT2D eigenvalue weighted by Gasteiger charge is -2.21. The minimum absolute atomic E-state index is 0.0569. The quantitative estimate of drug-likeness (QED) is 0.429. The number of halogens is 1. The standard InChI is InChI=1S/C22H19FN2O3S3/c23-15-6-8-16(9-7-15)31(27,28)25-11-3-10-24(12-13-25)22(26)20-14-19-21(30-20)17-4-1-2-5-18(17)29-19/h1-2,4-9,14H,3,10-13H2. The molecule has 160 valence electrons. The number of thiophene rings is 2. The van der Waals surface area contributed by atoms with Gasteiger partial charge in [-0.25, -0.2) is 12.8 Å². The van der Waals surface area contributed by atoms with Crippen molar-refractivity contribution >= 4 is 58.1 Å². The van der Waals surface area contributed by atoms with Gasteiger partial charge in [0.05, 0.1) is 14.5 Å². The summed E-state index contributed by atoms with van der Waals surface area (Å²) in [6.45, 7) is 1.37. The molecule has 9 heteroatoms. The highest BCUT2D eigenvalue weighted by Crippen LogP contribution is 2.39. The van der Waals surface area contributed by atoms with Crippen LogP contribution in [0.2, 0.25) is 0 Å². The average Bonchev–Trinajstić information content (AvgIpc) is 3.21. The molecule has 0 spiro atoms. The average molecular weight is 475 g/mol. The van der Waals surface area contributed by atoms with Gasteiger partial charge in [0, 0.05) is 41.0 Å². The molecule has 2 aromatic carbocycles. The molecule has 1 saturated heterocycles. The highest BCUT2D eigenvalue weighted by Gasteiger charge is 2.29. The number of rotatable bonds is 3. The second-order valence-corrected chi connectivity index (χ2v) is 11.5. The summed E-state index contributed by atoms with van der Waals surface area (Å²) in [6.07, 6.45) is 0.550. The summed E-state index contributed by atoms with van der Waals surface area (Å²) >= 11 is 3.18. The van der Waals surface area contributed by atoms with Crippen LogP contribution in [-0.2, 0) is 10.0 Å². The maximum Gasteiger partial charge on any atom is 0.264 e. The van der Waals surface area contributed by atoms with E-state index in [1.165, 1.54) is 37.9 Å². The van der Waals surface area contributed by atoms with Crippen molar-refractivity contribution in [2.45, 2.75) is 11.3 Å². The molecule has 1 aliphatic heterocycles. The molecule has 0 unspecified atom stereocenters. The first-order valence-corrected chi connectivity index (χ1v) is 13.0. The van der Waals surface area contributed by atoms with Crippen LogP contribution in [0.3, 0.4) is 0 Å². The molecule has 31 heavy (non-hydrogen) atoms. The van der Waals surface area contributed by atoms with E-state index in [1.807, 2.05) is 18.2 Å². The highest BCUT2D eigenvalue weighted by atomic mass is 32.2. The van der Waals surface area contributed by atoms with Crippen LogP contribution in [0.4, 0.5) is 4.39 Å². The second kappa shape index (κ2) is 7.98. The van der Waals surface area contributed by atoms with E-state index in [0.717, 1.165) is 21.5 Å². The summed E-state index contributed by atoms with van der Waals surface area (Å²) in [5.41, 5.74) is 0. The van der Waals surface area contributed by atoms with Crippen LogP contribution in [0.1, 0.15) is 16.1 Å². The predicted octanol–water partition coefficient (Wildman–Crippen LogP) is 4.79. The Bertz CT molecular complexity index is 1380. The molecular formula is C22H19FN2O3S3. The zero-order valence-corrected chi connectivity index (χ0v) is 18.9. The van der Waals surface area contributed by atoms with Crippen molar-refractivity contribution in [3.8, 4) is 0 Å². The van der Waals surface area contributed by atoms with Crippen molar-refractivity contribution in [2.75, 3.05) is 26.2 Å². The summed E-state index contributed by atoms with van der Waals surface area (Å²) in [5, 5.41) is 1.17. The fourth-order valence-corrected chi connectivity index (χ4v) is 7.82. The third-order valence-electron chi connectivity index (χ3n) is 5.45. The molecule has 1 amide bonds. The topological polar surface area (TPSA) is 57.7 Å². The normalized spacial score (nSPS) is 16.1. The first-order chi connectivity index (χ1) is 14.9. The summed E-state index contributed by atoms with van der Waals surface area (Å²) in [6, 6.07) is 15.0. The Morgan fingerprint density at radius 2 is 1.68 bits per heavy atom. The van der Waals surface area contributed by atoms with Crippen LogP contribution in [0.15, 0.2) is 59.5 Å². The first-order valence-electron chi connectivity index (χ1n) is 9.89. The van der Waals surface area contributed by atoms with Gasteiger partial charge in [0.1, 0.15) is 5.82 Å². The number of amides is 1. The smallest absolute Gasteiger partial charge is 0.264 e. The maximum absolute atomic E-state index is 13.2. The molecular weight excluding hydrogens is 455 g/mol. The maximum atomic E-state index is 13.2. The van der Waals surface area contributed by atoms with Gasteiger partial charge in [0.25, 0.3) is 5.91 Å². The van der Waals surface area contributed by atoms with Crippen LogP contribution >= 0.6 is 22.7 Å². The van der Waals surface area contributed by atoms with Crippen LogP contribution < -0.4 is 0 Å². The summed E-state index contributed by atoms with van der Waals surface area (Å²) in [4.78, 5) is 15.6. The van der Waals surface area contributed by atoms with E-state index in [-0.39, 0.29) is 17.3 Å². The van der Waals surface area contributed by atoms with Crippen LogP contribution in [0.5, 0.6) is 0 Å². The van der Waals surface area contributed by atoms with Crippen LogP contribution in [0.25, 0.3) is 19.5 Å². The lowest BCUT2D eigenvalue weighted by atomic mass is 10.2. The zero-order chi connectivity index (χ0) is 21.6. The van der Waals surface area contributed by atoms with Crippen molar-refractivity contribution in [1.29, 1.82) is 0 Å². The molecule has 1 aliphatic rings. The molecule has 1 fully saturated rings. The zero-order valence-electron chi connectivity index (χ0n) is 16.5. The number of nitrogens with zero attached hydrogens (tertiary/aromatic N) is 2. The number of sulfonamides is 1. The van der Waals surface area contributed by atoms with E-state index in [9.17, 15) is 17.6 Å². The van der Waals surface area contributed by atoms with Gasteiger partial charge in [-0.3, -0.25) is 4.79 Å². The van der Waals surface area contributed by atoms with Gasteiger partial charge in [-0.1, -0.05) is 18.2 Å². The summed E-state index contributed by atoms with van der Waals surface area (Å²) in [7, 11) is -3.72. The van der Waals surface area contributed by atoms with E-state index in [1.54, 1.807) is 16.2 Å². The van der Waals surface area contributed by atoms with E-state index in [2.05, 4.69) is 12.1 Å². The predicted molar refractivity (Wildman–Crippen MR) is 123 cm³/mol. The van der Waals surface area contributed by atoms with Gasteiger partial charge in [-0.05, 0) is 42.8 Å². The summed E-state index contributed by atoms with van der Waals surface area (Å²) < 4.78 is 43.8. The molecule has 4 aromatic rings. The Hall–Kier alpha value is -2.33. The van der Waals surface area contributed by atoms with Crippen LogP contribution in [0, 0.1) is 5.82 Å². The SMILES string of the molecule is O=C(c1cc2sc3ccccc3c2s1)N1CCCN(S(=O)(=O)c2ccc(F)cc2)CC1. The van der Waals surface area contributed by atoms with Crippen molar-refractivity contribution < 1.29 is 17.6 Å². The van der Waals surface area contributed by atoms with Gasteiger partial charge >= 0.3 is 0 Å². The monoisotopic (exact) mass is 474 g/mol. The molecule has 0 radical (unpaired) electrons. The minimum Gasteiger partial charge on any atom is -0.337 e. The molecule has 0 atom stereocenters. The van der Waals surface area contributed by atoms with E-state index in [0.29, 0.717) is 30.9 Å². The number of carbonyl (C=O) groups is 1. The van der Waals surface area contributed by atoms with E-state index in [4.69, 9.17) is 0 Å². The lowest BCUT2D eigenvalue weighted by Crippen LogP contribution is -2.37. The highest BCUT2D eigenvalue weighted by molar-refractivity contribution is 7.89. The van der Waals surface area contributed by atoms with Gasteiger partial charge in [-0.2, -0.15) is 4.31 Å². The first kappa shape index (κ1) is 20.6. The van der Waals surface area contributed by atoms with E-state index < -0.39 is 15.8 Å². The van der Waals surface area contributed by atoms with Crippen molar-refractivity contribution in [3.63, 3.8) is 0 Å². The number of hydrogen-bond donors (Lipinski definition) is 0. The Morgan fingerprint density at radius 3 is 2.48 bits per heavy atom. The molecule has 5 rings (SSSR count). The molecule has 3 heterocycles. The second-order valence-electron chi connectivity index (χ2n) is 7.41. The Kier molecular flexibility index (Phi) is 5.29.